The van der Waals surface area contributed by atoms with Crippen LogP contribution < -0.4 is 0 Å². The Morgan fingerprint density at radius 2 is 1.00 bits per heavy atom. The van der Waals surface area contributed by atoms with E-state index in [0.29, 0.717) is 0 Å². The molecule has 11 heavy (non-hydrogen) atoms. The molecule has 0 aliphatic rings. The zero-order valence-corrected chi connectivity index (χ0v) is 17.6. The third kappa shape index (κ3) is 13.1. The molecule has 0 spiro atoms. The van der Waals surface area contributed by atoms with Crippen LogP contribution in [-0.2, 0) is 14.0 Å². The van der Waals surface area contributed by atoms with E-state index in [1.54, 1.807) is 33.7 Å². The summed E-state index contributed by atoms with van der Waals surface area (Å²) in [6, 6.07) is 0. The summed E-state index contributed by atoms with van der Waals surface area (Å²) in [7, 11) is 0. The maximum absolute atomic E-state index is 5.15. The fourth-order valence-corrected chi connectivity index (χ4v) is 13.1. The first-order chi connectivity index (χ1) is 5.41. The van der Waals surface area contributed by atoms with Crippen molar-refractivity contribution in [1.29, 1.82) is 0 Å². The SMILES string of the molecule is [Ge][O][Ge][O][Ge][O][Ge][O][Ge][O][Ge]. The maximum atomic E-state index is 5.15. The molecule has 0 unspecified atom stereocenters. The van der Waals surface area contributed by atoms with Crippen molar-refractivity contribution in [3.05, 3.63) is 0 Å². The van der Waals surface area contributed by atoms with Gasteiger partial charge in [-0.25, -0.2) is 0 Å². The van der Waals surface area contributed by atoms with E-state index >= 15 is 0 Å². The van der Waals surface area contributed by atoms with Gasteiger partial charge < -0.3 is 0 Å². The van der Waals surface area contributed by atoms with Crippen molar-refractivity contribution in [1.82, 2.24) is 0 Å². The van der Waals surface area contributed by atoms with Crippen LogP contribution in [0.3, 0.4) is 0 Å². The first kappa shape index (κ1) is 14.1. The monoisotopic (exact) mass is 524 g/mol. The molecule has 0 heterocycles. The molecule has 0 saturated carbocycles. The Morgan fingerprint density at radius 3 is 1.36 bits per heavy atom. The fourth-order valence-electron chi connectivity index (χ4n) is 0.134. The van der Waals surface area contributed by atoms with Gasteiger partial charge in [0.25, 0.3) is 0 Å². The summed E-state index contributed by atoms with van der Waals surface area (Å²) in [6.45, 7) is 0. The van der Waals surface area contributed by atoms with Crippen LogP contribution in [0.15, 0.2) is 0 Å². The molecule has 0 fully saturated rings. The van der Waals surface area contributed by atoms with Gasteiger partial charge in [0.1, 0.15) is 0 Å². The van der Waals surface area contributed by atoms with Crippen LogP contribution in [0.2, 0.25) is 0 Å². The Morgan fingerprint density at radius 1 is 0.636 bits per heavy atom. The van der Waals surface area contributed by atoms with Crippen molar-refractivity contribution in [2.45, 2.75) is 0 Å². The molecule has 5 nitrogen and oxygen atoms in total. The van der Waals surface area contributed by atoms with Crippen LogP contribution in [0, 0.1) is 0 Å². The Labute approximate surface area is 110 Å². The van der Waals surface area contributed by atoms with Crippen molar-refractivity contribution >= 4 is 98.1 Å². The summed E-state index contributed by atoms with van der Waals surface area (Å²) in [5.74, 6) is 0. The zero-order chi connectivity index (χ0) is 8.36. The summed E-state index contributed by atoms with van der Waals surface area (Å²) in [4.78, 5) is 0. The van der Waals surface area contributed by atoms with E-state index in [2.05, 4.69) is 0 Å². The number of hydrogen-bond donors (Lipinski definition) is 0. The van der Waals surface area contributed by atoms with E-state index < -0.39 is 64.4 Å². The first-order valence-electron chi connectivity index (χ1n) is 2.04. The van der Waals surface area contributed by atoms with Crippen molar-refractivity contribution in [2.24, 2.45) is 0 Å². The number of rotatable bonds is 8. The molecule has 0 atom stereocenters. The van der Waals surface area contributed by atoms with Crippen LogP contribution in [0.1, 0.15) is 0 Å². The molecule has 0 saturated heterocycles. The summed E-state index contributed by atoms with van der Waals surface area (Å²) >= 11 is 0.609. The number of hydrogen-bond acceptors (Lipinski definition) is 5. The third-order valence-corrected chi connectivity index (χ3v) is 9.00. The summed E-state index contributed by atoms with van der Waals surface area (Å²) in [5, 5.41) is 0. The second-order valence-electron chi connectivity index (χ2n) is 0.844. The van der Waals surface area contributed by atoms with Gasteiger partial charge in [-0.15, -0.1) is 0 Å². The molecule has 0 bridgehead atoms. The van der Waals surface area contributed by atoms with Gasteiger partial charge in [-0.1, -0.05) is 0 Å². The van der Waals surface area contributed by atoms with E-state index in [-0.39, 0.29) is 0 Å². The van der Waals surface area contributed by atoms with Crippen LogP contribution in [-0.4, -0.2) is 98.1 Å². The van der Waals surface area contributed by atoms with E-state index in [0.717, 1.165) is 0 Å². The quantitative estimate of drug-likeness (QED) is 0.262. The van der Waals surface area contributed by atoms with E-state index in [1.165, 1.54) is 0 Å². The fraction of sp³-hybridized carbons (Fsp3) is 0. The van der Waals surface area contributed by atoms with Gasteiger partial charge in [-0.2, -0.15) is 0 Å². The molecule has 14 radical (unpaired) electrons. The molecule has 0 rings (SSSR count). The van der Waals surface area contributed by atoms with E-state index in [4.69, 9.17) is 14.0 Å². The van der Waals surface area contributed by atoms with Crippen LogP contribution in [0.5, 0.6) is 0 Å². The Kier molecular flexibility index (Phi) is 16.7. The van der Waals surface area contributed by atoms with E-state index in [9.17, 15) is 0 Å². The van der Waals surface area contributed by atoms with Gasteiger partial charge >= 0.3 is 112 Å². The van der Waals surface area contributed by atoms with Gasteiger partial charge in [-0.05, 0) is 0 Å². The van der Waals surface area contributed by atoms with E-state index in [1.807, 2.05) is 0 Å². The molecule has 0 aliphatic heterocycles. The minimum absolute atomic E-state index is 0.638. The van der Waals surface area contributed by atoms with Gasteiger partial charge in [0.15, 0.2) is 0 Å². The van der Waals surface area contributed by atoms with Gasteiger partial charge in [0.2, 0.25) is 0 Å². The Balaban J connectivity index is 2.69. The topological polar surface area (TPSA) is 46.2 Å². The Hall–Kier alpha value is 3.06. The standard InChI is InChI=1S/Ge6O5/c1-7-3-9-5-11-6-10-4-8-2. The third-order valence-electron chi connectivity index (χ3n) is 0.333. The summed E-state index contributed by atoms with van der Waals surface area (Å²) in [5.41, 5.74) is 0. The minimum atomic E-state index is -0.692. The van der Waals surface area contributed by atoms with Crippen molar-refractivity contribution in [3.63, 3.8) is 0 Å². The molecule has 0 aromatic rings. The zero-order valence-electron chi connectivity index (χ0n) is 5.04. The van der Waals surface area contributed by atoms with Gasteiger partial charge in [0.05, 0.1) is 0 Å². The van der Waals surface area contributed by atoms with Crippen molar-refractivity contribution in [2.75, 3.05) is 0 Å². The molecule has 54 valence electrons. The molecule has 0 aromatic heterocycles. The van der Waals surface area contributed by atoms with Crippen molar-refractivity contribution < 1.29 is 14.0 Å². The molecule has 0 aromatic carbocycles. The predicted molar refractivity (Wildman–Crippen MR) is 39.9 cm³/mol. The molecular formula is Ge6O5. The van der Waals surface area contributed by atoms with Crippen LogP contribution in [0.4, 0.5) is 0 Å². The summed E-state index contributed by atoms with van der Waals surface area (Å²) in [6.07, 6.45) is 0. The van der Waals surface area contributed by atoms with Gasteiger partial charge in [0, 0.05) is 0 Å². The van der Waals surface area contributed by atoms with Crippen molar-refractivity contribution in [3.8, 4) is 0 Å². The second kappa shape index (κ2) is 13.1. The second-order valence-corrected chi connectivity index (χ2v) is 15.5. The van der Waals surface area contributed by atoms with Crippen LogP contribution in [0.25, 0.3) is 0 Å². The molecule has 0 N–H and O–H groups in total. The first-order valence-corrected chi connectivity index (χ1v) is 10.6. The molecule has 0 amide bonds. The average molecular weight is 516 g/mol. The molecule has 11 heteroatoms. The Bertz CT molecular complexity index is 60.0. The van der Waals surface area contributed by atoms with Crippen LogP contribution >= 0.6 is 0 Å². The van der Waals surface area contributed by atoms with Gasteiger partial charge in [-0.3, -0.25) is 0 Å². The molecule has 0 aliphatic carbocycles. The average Bonchev–Trinajstić information content (AvgIpc) is 2.03. The normalized spacial score (nSPS) is 10.4. The molecular weight excluding hydrogens is 516 g/mol. The summed E-state index contributed by atoms with van der Waals surface area (Å²) < 4.78 is 24.9. The predicted octanol–water partition coefficient (Wildman–Crippen LogP) is -2.63.